The van der Waals surface area contributed by atoms with E-state index in [4.69, 9.17) is 18.9 Å². The van der Waals surface area contributed by atoms with E-state index in [1.165, 1.54) is 12.1 Å². The van der Waals surface area contributed by atoms with Gasteiger partial charge in [0, 0.05) is 32.5 Å². The van der Waals surface area contributed by atoms with E-state index in [-0.39, 0.29) is 16.6 Å². The van der Waals surface area contributed by atoms with Gasteiger partial charge in [-0.1, -0.05) is 18.2 Å². The topological polar surface area (TPSA) is 149 Å². The maximum absolute atomic E-state index is 13.3. The highest BCUT2D eigenvalue weighted by atomic mass is 79.9. The molecule has 0 N–H and O–H groups in total. The summed E-state index contributed by atoms with van der Waals surface area (Å²) in [4.78, 5) is 73.9. The standard InChI is InChI=1S/C22H21BrN2O10/c1-11(26)32-10-16-17(33-12(2)27)18(34-13(3)28)21(35-16)24-9-15(23)20(30)25(22(24)31)19(29)14-7-5-4-6-8-14/h4-9,16-18,21H,10H2,1-3H3/t16-,17?,18?,21-/m1/s1. The molecule has 2 aromatic rings. The van der Waals surface area contributed by atoms with Crippen LogP contribution in [-0.4, -0.2) is 57.9 Å². The van der Waals surface area contributed by atoms with E-state index in [2.05, 4.69) is 15.9 Å². The summed E-state index contributed by atoms with van der Waals surface area (Å²) in [6.07, 6.45) is -4.15. The van der Waals surface area contributed by atoms with Crippen LogP contribution in [-0.2, 0) is 33.3 Å². The third-order valence-electron chi connectivity index (χ3n) is 4.91. The Kier molecular flexibility index (Phi) is 8.02. The Hall–Kier alpha value is -3.58. The summed E-state index contributed by atoms with van der Waals surface area (Å²) in [5, 5.41) is 0. The number of benzene rings is 1. The van der Waals surface area contributed by atoms with Crippen molar-refractivity contribution in [1.29, 1.82) is 0 Å². The monoisotopic (exact) mass is 552 g/mol. The van der Waals surface area contributed by atoms with Crippen LogP contribution in [0.15, 0.2) is 50.6 Å². The van der Waals surface area contributed by atoms with Crippen molar-refractivity contribution in [2.75, 3.05) is 6.61 Å². The summed E-state index contributed by atoms with van der Waals surface area (Å²) in [5.74, 6) is -3.08. The normalized spacial score (nSPS) is 21.3. The molecule has 0 spiro atoms. The Labute approximate surface area is 206 Å². The first kappa shape index (κ1) is 26.0. The Morgan fingerprint density at radius 1 is 0.943 bits per heavy atom. The molecule has 3 rings (SSSR count). The minimum atomic E-state index is -1.44. The second-order valence-electron chi connectivity index (χ2n) is 7.49. The van der Waals surface area contributed by atoms with Gasteiger partial charge in [0.05, 0.1) is 4.47 Å². The number of esters is 3. The molecule has 0 bridgehead atoms. The van der Waals surface area contributed by atoms with E-state index in [1.807, 2.05) is 0 Å². The van der Waals surface area contributed by atoms with Crippen molar-refractivity contribution in [3.05, 3.63) is 67.4 Å². The number of ether oxygens (including phenoxy) is 4. The van der Waals surface area contributed by atoms with E-state index in [0.717, 1.165) is 31.5 Å². The summed E-state index contributed by atoms with van der Waals surface area (Å²) in [5.41, 5.74) is -1.94. The molecule has 0 saturated carbocycles. The zero-order chi connectivity index (χ0) is 25.9. The van der Waals surface area contributed by atoms with E-state index in [1.54, 1.807) is 18.2 Å². The molecule has 12 nitrogen and oxygen atoms in total. The Bertz CT molecular complexity index is 1270. The van der Waals surface area contributed by atoms with Crippen LogP contribution in [0.3, 0.4) is 0 Å². The lowest BCUT2D eigenvalue weighted by molar-refractivity contribution is -0.166. The molecule has 1 aromatic heterocycles. The minimum absolute atomic E-state index is 0.0748. The lowest BCUT2D eigenvalue weighted by atomic mass is 10.1. The van der Waals surface area contributed by atoms with E-state index in [0.29, 0.717) is 4.57 Å². The fraction of sp³-hybridized carbons (Fsp3) is 0.364. The third-order valence-corrected chi connectivity index (χ3v) is 5.45. The van der Waals surface area contributed by atoms with Gasteiger partial charge in [0.1, 0.15) is 12.7 Å². The average Bonchev–Trinajstić information content (AvgIpc) is 3.11. The van der Waals surface area contributed by atoms with Gasteiger partial charge in [-0.2, -0.15) is 4.57 Å². The minimum Gasteiger partial charge on any atom is -0.463 e. The zero-order valence-electron chi connectivity index (χ0n) is 18.8. The highest BCUT2D eigenvalue weighted by Crippen LogP contribution is 2.34. The van der Waals surface area contributed by atoms with Crippen molar-refractivity contribution in [1.82, 2.24) is 9.13 Å². The van der Waals surface area contributed by atoms with Gasteiger partial charge in [-0.15, -0.1) is 0 Å². The molecule has 0 amide bonds. The van der Waals surface area contributed by atoms with Crippen LogP contribution in [0.1, 0.15) is 37.4 Å². The number of carbonyl (C=O) groups is 4. The summed E-state index contributed by atoms with van der Waals surface area (Å²) in [7, 11) is 0. The number of rotatable bonds is 6. The van der Waals surface area contributed by atoms with Crippen molar-refractivity contribution >= 4 is 39.7 Å². The van der Waals surface area contributed by atoms with Crippen LogP contribution in [0.5, 0.6) is 0 Å². The van der Waals surface area contributed by atoms with Crippen LogP contribution in [0.25, 0.3) is 0 Å². The van der Waals surface area contributed by atoms with Gasteiger partial charge in [-0.25, -0.2) is 4.79 Å². The van der Waals surface area contributed by atoms with Crippen molar-refractivity contribution in [3.8, 4) is 0 Å². The molecule has 1 saturated heterocycles. The molecule has 1 aromatic carbocycles. The predicted molar refractivity (Wildman–Crippen MR) is 120 cm³/mol. The van der Waals surface area contributed by atoms with Crippen LogP contribution >= 0.6 is 15.9 Å². The van der Waals surface area contributed by atoms with Gasteiger partial charge in [-0.05, 0) is 28.1 Å². The van der Waals surface area contributed by atoms with E-state index < -0.39 is 59.6 Å². The number of halogens is 1. The van der Waals surface area contributed by atoms with Gasteiger partial charge in [0.15, 0.2) is 18.4 Å². The fourth-order valence-corrected chi connectivity index (χ4v) is 3.93. The molecule has 0 aliphatic carbocycles. The summed E-state index contributed by atoms with van der Waals surface area (Å²) < 4.78 is 22.5. The predicted octanol–water partition coefficient (Wildman–Crippen LogP) is 0.785. The number of hydrogen-bond acceptors (Lipinski definition) is 10. The maximum Gasteiger partial charge on any atom is 0.340 e. The Morgan fingerprint density at radius 2 is 1.54 bits per heavy atom. The van der Waals surface area contributed by atoms with Gasteiger partial charge >= 0.3 is 23.6 Å². The molecular weight excluding hydrogens is 532 g/mol. The van der Waals surface area contributed by atoms with E-state index in [9.17, 15) is 28.8 Å². The molecule has 2 heterocycles. The molecule has 186 valence electrons. The van der Waals surface area contributed by atoms with Crippen LogP contribution in [0.2, 0.25) is 0 Å². The summed E-state index contributed by atoms with van der Waals surface area (Å²) in [6.45, 7) is 2.98. The Balaban J connectivity index is 2.14. The number of aromatic nitrogens is 2. The molecule has 13 heteroatoms. The quantitative estimate of drug-likeness (QED) is 0.371. The zero-order valence-corrected chi connectivity index (χ0v) is 20.4. The molecular formula is C22H21BrN2O10. The number of carbonyl (C=O) groups excluding carboxylic acids is 4. The molecule has 0 radical (unpaired) electrons. The fourth-order valence-electron chi connectivity index (χ4n) is 3.53. The van der Waals surface area contributed by atoms with Crippen molar-refractivity contribution in [3.63, 3.8) is 0 Å². The lowest BCUT2D eigenvalue weighted by Gasteiger charge is -2.24. The van der Waals surface area contributed by atoms with Gasteiger partial charge in [-0.3, -0.25) is 28.5 Å². The van der Waals surface area contributed by atoms with E-state index >= 15 is 0 Å². The molecule has 2 unspecified atom stereocenters. The maximum atomic E-state index is 13.3. The van der Waals surface area contributed by atoms with Gasteiger partial charge in [0.25, 0.3) is 11.5 Å². The highest BCUT2D eigenvalue weighted by Gasteiger charge is 2.51. The van der Waals surface area contributed by atoms with Crippen LogP contribution in [0, 0.1) is 0 Å². The first-order valence-corrected chi connectivity index (χ1v) is 11.1. The second kappa shape index (κ2) is 10.8. The summed E-state index contributed by atoms with van der Waals surface area (Å²) in [6, 6.07) is 7.65. The first-order valence-electron chi connectivity index (χ1n) is 10.3. The van der Waals surface area contributed by atoms with Crippen molar-refractivity contribution in [2.24, 2.45) is 0 Å². The van der Waals surface area contributed by atoms with Gasteiger partial charge < -0.3 is 18.9 Å². The largest absolute Gasteiger partial charge is 0.463 e. The van der Waals surface area contributed by atoms with Gasteiger partial charge in [0.2, 0.25) is 0 Å². The molecule has 35 heavy (non-hydrogen) atoms. The number of nitrogens with zero attached hydrogens (tertiary/aromatic N) is 2. The third kappa shape index (κ3) is 5.74. The van der Waals surface area contributed by atoms with Crippen molar-refractivity contribution < 1.29 is 38.1 Å². The molecule has 1 aliphatic heterocycles. The number of hydrogen-bond donors (Lipinski definition) is 0. The molecule has 1 fully saturated rings. The molecule has 4 atom stereocenters. The molecule has 1 aliphatic rings. The lowest BCUT2D eigenvalue weighted by Crippen LogP contribution is -2.47. The van der Waals surface area contributed by atoms with Crippen LogP contribution < -0.4 is 11.2 Å². The highest BCUT2D eigenvalue weighted by molar-refractivity contribution is 9.10. The van der Waals surface area contributed by atoms with Crippen LogP contribution in [0.4, 0.5) is 0 Å². The second-order valence-corrected chi connectivity index (χ2v) is 8.35. The summed E-state index contributed by atoms with van der Waals surface area (Å²) >= 11 is 3.05. The smallest absolute Gasteiger partial charge is 0.340 e. The first-order chi connectivity index (χ1) is 16.5. The average molecular weight is 553 g/mol. The SMILES string of the molecule is CC(=O)OC[C@H]1O[C@@H](n2cc(Br)c(=O)n(C(=O)c3ccccc3)c2=O)C(OC(C)=O)C1OC(C)=O. The Morgan fingerprint density at radius 3 is 2.11 bits per heavy atom. The van der Waals surface area contributed by atoms with Crippen molar-refractivity contribution in [2.45, 2.75) is 45.3 Å².